The molecule has 2 heteroatoms. The number of nitrogens with zero attached hydrogens (tertiary/aromatic N) is 1. The lowest BCUT2D eigenvalue weighted by Crippen LogP contribution is -2.16. The minimum absolute atomic E-state index is 0.219. The molecule has 0 atom stereocenters. The summed E-state index contributed by atoms with van der Waals surface area (Å²) in [6.07, 6.45) is 0. The molecule has 0 fully saturated rings. The van der Waals surface area contributed by atoms with Crippen LogP contribution in [0.3, 0.4) is 0 Å². The first-order chi connectivity index (χ1) is 26.0. The predicted octanol–water partition coefficient (Wildman–Crippen LogP) is 14.4. The molecule has 1 aliphatic carbocycles. The molecule has 1 aliphatic rings. The highest BCUT2D eigenvalue weighted by Crippen LogP contribution is 2.58. The second-order valence-electron chi connectivity index (χ2n) is 14.5. The van der Waals surface area contributed by atoms with Crippen molar-refractivity contribution in [1.29, 1.82) is 0 Å². The maximum Gasteiger partial charge on any atom is 0.137 e. The normalized spacial score (nSPS) is 12.9. The molecule has 0 radical (unpaired) electrons. The Morgan fingerprint density at radius 2 is 0.887 bits per heavy atom. The van der Waals surface area contributed by atoms with E-state index in [-0.39, 0.29) is 5.41 Å². The van der Waals surface area contributed by atoms with Gasteiger partial charge in [0, 0.05) is 27.7 Å². The van der Waals surface area contributed by atoms with Gasteiger partial charge in [0.25, 0.3) is 0 Å². The van der Waals surface area contributed by atoms with Crippen molar-refractivity contribution in [3.63, 3.8) is 0 Å². The molecule has 9 aromatic rings. The highest BCUT2D eigenvalue weighted by Gasteiger charge is 2.40. The van der Waals surface area contributed by atoms with E-state index >= 15 is 0 Å². The molecule has 1 heterocycles. The van der Waals surface area contributed by atoms with Gasteiger partial charge in [-0.1, -0.05) is 159 Å². The van der Waals surface area contributed by atoms with Crippen molar-refractivity contribution >= 4 is 39.0 Å². The van der Waals surface area contributed by atoms with Gasteiger partial charge in [-0.2, -0.15) is 0 Å². The first-order valence-corrected chi connectivity index (χ1v) is 18.3. The SMILES string of the molecule is CC1(C)c2ccccc2-c2c1cc1oc3ccc(-c4ccccc4)cc3c1c2N(c1ccc(-c2ccccc2)cc1)c1ccc(-c2ccccc2)cc1. The zero-order valence-electron chi connectivity index (χ0n) is 29.8. The van der Waals surface area contributed by atoms with Crippen LogP contribution in [0.1, 0.15) is 25.0 Å². The zero-order chi connectivity index (χ0) is 35.5. The number of hydrogen-bond donors (Lipinski definition) is 0. The van der Waals surface area contributed by atoms with Gasteiger partial charge in [-0.3, -0.25) is 0 Å². The molecule has 0 amide bonds. The highest BCUT2D eigenvalue weighted by atomic mass is 16.3. The number of hydrogen-bond acceptors (Lipinski definition) is 2. The maximum absolute atomic E-state index is 6.85. The van der Waals surface area contributed by atoms with Crippen LogP contribution in [0.5, 0.6) is 0 Å². The van der Waals surface area contributed by atoms with Crippen molar-refractivity contribution in [3.8, 4) is 44.5 Å². The number of benzene rings is 8. The van der Waals surface area contributed by atoms with Gasteiger partial charge in [0.05, 0.1) is 11.1 Å². The third-order valence-electron chi connectivity index (χ3n) is 11.1. The van der Waals surface area contributed by atoms with Gasteiger partial charge < -0.3 is 9.32 Å². The molecule has 0 N–H and O–H groups in total. The van der Waals surface area contributed by atoms with Gasteiger partial charge in [-0.05, 0) is 92.5 Å². The molecule has 8 aromatic carbocycles. The summed E-state index contributed by atoms with van der Waals surface area (Å²) in [5, 5.41) is 2.22. The fourth-order valence-electron chi connectivity index (χ4n) is 8.38. The van der Waals surface area contributed by atoms with Crippen LogP contribution in [0.15, 0.2) is 192 Å². The lowest BCUT2D eigenvalue weighted by atomic mass is 9.82. The summed E-state index contributed by atoms with van der Waals surface area (Å²) in [5.74, 6) is 0. The van der Waals surface area contributed by atoms with Crippen molar-refractivity contribution in [2.45, 2.75) is 19.3 Å². The molecular formula is C51H37NO. The molecule has 1 aromatic heterocycles. The molecular weight excluding hydrogens is 643 g/mol. The number of anilines is 3. The van der Waals surface area contributed by atoms with Crippen LogP contribution >= 0.6 is 0 Å². The summed E-state index contributed by atoms with van der Waals surface area (Å²) < 4.78 is 6.85. The van der Waals surface area contributed by atoms with Crippen molar-refractivity contribution in [2.24, 2.45) is 0 Å². The molecule has 0 saturated carbocycles. The van der Waals surface area contributed by atoms with Crippen LogP contribution in [-0.4, -0.2) is 0 Å². The Bertz CT molecular complexity index is 2680. The van der Waals surface area contributed by atoms with Gasteiger partial charge in [-0.15, -0.1) is 0 Å². The predicted molar refractivity (Wildman–Crippen MR) is 222 cm³/mol. The molecule has 2 nitrogen and oxygen atoms in total. The molecule has 0 saturated heterocycles. The van der Waals surface area contributed by atoms with E-state index in [9.17, 15) is 0 Å². The zero-order valence-corrected chi connectivity index (χ0v) is 29.8. The fraction of sp³-hybridized carbons (Fsp3) is 0.0588. The Morgan fingerprint density at radius 3 is 1.45 bits per heavy atom. The average Bonchev–Trinajstić information content (AvgIpc) is 3.70. The van der Waals surface area contributed by atoms with Crippen LogP contribution in [0.4, 0.5) is 17.1 Å². The second kappa shape index (κ2) is 12.3. The highest BCUT2D eigenvalue weighted by molar-refractivity contribution is 6.19. The summed E-state index contributed by atoms with van der Waals surface area (Å²) in [6.45, 7) is 4.69. The van der Waals surface area contributed by atoms with Gasteiger partial charge >= 0.3 is 0 Å². The van der Waals surface area contributed by atoms with E-state index in [0.29, 0.717) is 0 Å². The third-order valence-corrected chi connectivity index (χ3v) is 11.1. The van der Waals surface area contributed by atoms with E-state index in [2.05, 4.69) is 207 Å². The first-order valence-electron chi connectivity index (χ1n) is 18.3. The Morgan fingerprint density at radius 1 is 0.415 bits per heavy atom. The first kappa shape index (κ1) is 31.1. The second-order valence-corrected chi connectivity index (χ2v) is 14.5. The smallest absolute Gasteiger partial charge is 0.137 e. The lowest BCUT2D eigenvalue weighted by molar-refractivity contribution is 0.647. The van der Waals surface area contributed by atoms with Crippen molar-refractivity contribution < 1.29 is 4.42 Å². The number of rotatable bonds is 6. The van der Waals surface area contributed by atoms with Gasteiger partial charge in [-0.25, -0.2) is 0 Å². The summed E-state index contributed by atoms with van der Waals surface area (Å²) in [7, 11) is 0. The summed E-state index contributed by atoms with van der Waals surface area (Å²) in [6, 6.07) is 67.7. The van der Waals surface area contributed by atoms with Crippen LogP contribution in [0.2, 0.25) is 0 Å². The third kappa shape index (κ3) is 5.10. The minimum atomic E-state index is -0.219. The monoisotopic (exact) mass is 679 g/mol. The van der Waals surface area contributed by atoms with Crippen molar-refractivity contribution in [1.82, 2.24) is 0 Å². The molecule has 0 spiro atoms. The lowest BCUT2D eigenvalue weighted by Gasteiger charge is -2.30. The Balaban J connectivity index is 1.29. The average molecular weight is 680 g/mol. The van der Waals surface area contributed by atoms with E-state index < -0.39 is 0 Å². The number of fused-ring (bicyclic) bond motifs is 6. The molecule has 0 bridgehead atoms. The maximum atomic E-state index is 6.85. The molecule has 53 heavy (non-hydrogen) atoms. The fourth-order valence-corrected chi connectivity index (χ4v) is 8.38. The minimum Gasteiger partial charge on any atom is -0.456 e. The Hall–Kier alpha value is -6.64. The largest absolute Gasteiger partial charge is 0.456 e. The van der Waals surface area contributed by atoms with E-state index in [4.69, 9.17) is 4.42 Å². The van der Waals surface area contributed by atoms with E-state index in [1.165, 1.54) is 55.6 Å². The summed E-state index contributed by atoms with van der Waals surface area (Å²) in [5.41, 5.74) is 17.1. The van der Waals surface area contributed by atoms with Crippen LogP contribution in [-0.2, 0) is 5.41 Å². The summed E-state index contributed by atoms with van der Waals surface area (Å²) in [4.78, 5) is 2.47. The van der Waals surface area contributed by atoms with Crippen molar-refractivity contribution in [3.05, 3.63) is 199 Å². The number of furan rings is 1. The topological polar surface area (TPSA) is 16.4 Å². The van der Waals surface area contributed by atoms with Crippen molar-refractivity contribution in [2.75, 3.05) is 4.90 Å². The quantitative estimate of drug-likeness (QED) is 0.174. The molecule has 0 unspecified atom stereocenters. The van der Waals surface area contributed by atoms with Gasteiger partial charge in [0.15, 0.2) is 0 Å². The molecule has 10 rings (SSSR count). The molecule has 0 aliphatic heterocycles. The van der Waals surface area contributed by atoms with Gasteiger partial charge in [0.2, 0.25) is 0 Å². The Labute approximate surface area is 310 Å². The van der Waals surface area contributed by atoms with E-state index in [1.807, 2.05) is 0 Å². The molecule has 252 valence electrons. The van der Waals surface area contributed by atoms with E-state index in [1.54, 1.807) is 0 Å². The van der Waals surface area contributed by atoms with E-state index in [0.717, 1.165) is 39.0 Å². The summed E-state index contributed by atoms with van der Waals surface area (Å²) >= 11 is 0. The Kier molecular flexibility index (Phi) is 7.19. The van der Waals surface area contributed by atoms with Crippen LogP contribution < -0.4 is 4.90 Å². The van der Waals surface area contributed by atoms with Crippen LogP contribution in [0, 0.1) is 0 Å². The standard InChI is InChI=1S/C51H37NO/c1-51(2)44-21-13-12-20-42(44)48-45(51)33-47-49(43-32-39(26-31-46(43)53-47)36-18-10-5-11-19-36)50(48)52(40-27-22-37(23-28-40)34-14-6-3-7-15-34)41-29-24-38(25-30-41)35-16-8-4-9-17-35/h3-33H,1-2H3. The van der Waals surface area contributed by atoms with Gasteiger partial charge in [0.1, 0.15) is 11.2 Å². The van der Waals surface area contributed by atoms with Crippen LogP contribution in [0.25, 0.3) is 66.4 Å².